The lowest BCUT2D eigenvalue weighted by Gasteiger charge is -2.42. The molecule has 5 rings (SSSR count). The minimum atomic E-state index is -3.32. The monoisotopic (exact) mass is 552 g/mol. The average Bonchev–Trinajstić information content (AvgIpc) is 3.24. The maximum Gasteiger partial charge on any atom is 0.304 e. The Balaban J connectivity index is 1.55. The Hall–Kier alpha value is -3.64. The van der Waals surface area contributed by atoms with Gasteiger partial charge >= 0.3 is 5.97 Å². The van der Waals surface area contributed by atoms with Gasteiger partial charge in [0.25, 0.3) is 0 Å². The molecule has 1 aromatic heterocycles. The predicted molar refractivity (Wildman–Crippen MR) is 148 cm³/mol. The molecule has 206 valence electrons. The molecular weight excluding hydrogens is 520 g/mol. The van der Waals surface area contributed by atoms with Gasteiger partial charge in [-0.05, 0) is 60.4 Å². The number of carbonyl (C=O) groups is 1. The number of benzene rings is 3. The molecule has 0 radical (unpaired) electrons. The van der Waals surface area contributed by atoms with E-state index in [0.29, 0.717) is 28.5 Å². The standard InChI is InChI=1S/C28H32N4O6S/c1-17-9-10-19(22(14-27(33)34)20-12-23-28(25(13-20)37-4)31(3)30-29-23)11-21(17)16-32-15-18(2)38-24-7-5-6-8-26(24)39(32,35)36/h5-13,18,22,35-36H,14-16H2,1-4H3,(H,33,34)/t18-,22?/m0/s1. The van der Waals surface area contributed by atoms with Gasteiger partial charge in [-0.1, -0.05) is 35.5 Å². The number of methoxy groups -OCH3 is 1. The highest BCUT2D eigenvalue weighted by Gasteiger charge is 2.34. The van der Waals surface area contributed by atoms with E-state index in [1.54, 1.807) is 47.4 Å². The fraction of sp³-hybridized carbons (Fsp3) is 0.321. The number of carboxylic acid groups (broad SMARTS) is 1. The highest BCUT2D eigenvalue weighted by atomic mass is 32.3. The van der Waals surface area contributed by atoms with Gasteiger partial charge in [-0.3, -0.25) is 13.9 Å². The summed E-state index contributed by atoms with van der Waals surface area (Å²) >= 11 is 0. The molecule has 3 aromatic carbocycles. The van der Waals surface area contributed by atoms with Crippen LogP contribution >= 0.6 is 10.8 Å². The molecule has 0 fully saturated rings. The fourth-order valence-corrected chi connectivity index (χ4v) is 6.78. The zero-order chi connectivity index (χ0) is 27.9. The molecule has 1 aliphatic rings. The molecule has 0 amide bonds. The molecule has 2 atom stereocenters. The Morgan fingerprint density at radius 3 is 2.69 bits per heavy atom. The number of carboxylic acids is 1. The number of ether oxygens (including phenoxy) is 2. The lowest BCUT2D eigenvalue weighted by atomic mass is 9.86. The number of aryl methyl sites for hydroxylation is 2. The van der Waals surface area contributed by atoms with Crippen molar-refractivity contribution in [3.05, 3.63) is 76.9 Å². The van der Waals surface area contributed by atoms with Gasteiger partial charge in [-0.15, -0.1) is 15.9 Å². The van der Waals surface area contributed by atoms with E-state index in [4.69, 9.17) is 9.47 Å². The maximum absolute atomic E-state index is 12.0. The molecule has 10 nitrogen and oxygen atoms in total. The number of fused-ring (bicyclic) bond motifs is 2. The van der Waals surface area contributed by atoms with Gasteiger partial charge in [-0.2, -0.15) is 4.31 Å². The molecule has 1 unspecified atom stereocenters. The highest BCUT2D eigenvalue weighted by Crippen LogP contribution is 2.57. The van der Waals surface area contributed by atoms with Crippen molar-refractivity contribution < 1.29 is 28.5 Å². The van der Waals surface area contributed by atoms with Crippen molar-refractivity contribution in [2.24, 2.45) is 7.05 Å². The van der Waals surface area contributed by atoms with Crippen LogP contribution in [0.5, 0.6) is 11.5 Å². The van der Waals surface area contributed by atoms with E-state index in [9.17, 15) is 19.0 Å². The Morgan fingerprint density at radius 2 is 1.95 bits per heavy atom. The van der Waals surface area contributed by atoms with Crippen LogP contribution in [0.15, 0.2) is 59.5 Å². The first-order chi connectivity index (χ1) is 18.6. The van der Waals surface area contributed by atoms with Gasteiger partial charge < -0.3 is 14.6 Å². The van der Waals surface area contributed by atoms with E-state index >= 15 is 0 Å². The number of rotatable bonds is 7. The Labute approximate surface area is 228 Å². The van der Waals surface area contributed by atoms with Crippen molar-refractivity contribution in [1.29, 1.82) is 0 Å². The van der Waals surface area contributed by atoms with E-state index in [2.05, 4.69) is 10.3 Å². The van der Waals surface area contributed by atoms with Crippen molar-refractivity contribution in [3.63, 3.8) is 0 Å². The first-order valence-electron chi connectivity index (χ1n) is 12.6. The number of hydrogen-bond acceptors (Lipinski definition) is 8. The predicted octanol–water partition coefficient (Wildman–Crippen LogP) is 5.20. The number of hydrogen-bond donors (Lipinski definition) is 3. The van der Waals surface area contributed by atoms with E-state index < -0.39 is 22.7 Å². The normalized spacial score (nSPS) is 18.6. The summed E-state index contributed by atoms with van der Waals surface area (Å²) in [6, 6.07) is 16.5. The van der Waals surface area contributed by atoms with Crippen LogP contribution in [0.3, 0.4) is 0 Å². The lowest BCUT2D eigenvalue weighted by molar-refractivity contribution is -0.137. The van der Waals surface area contributed by atoms with Gasteiger partial charge in [0.05, 0.1) is 20.1 Å². The molecular formula is C28H32N4O6S. The van der Waals surface area contributed by atoms with Crippen LogP contribution < -0.4 is 9.47 Å². The van der Waals surface area contributed by atoms with Crippen LogP contribution in [0.1, 0.15) is 41.5 Å². The molecule has 0 bridgehead atoms. The summed E-state index contributed by atoms with van der Waals surface area (Å²) in [5.41, 5.74) is 4.69. The van der Waals surface area contributed by atoms with Crippen molar-refractivity contribution in [1.82, 2.24) is 19.3 Å². The van der Waals surface area contributed by atoms with Gasteiger partial charge in [0, 0.05) is 19.5 Å². The van der Waals surface area contributed by atoms with Gasteiger partial charge in [0.1, 0.15) is 33.5 Å². The van der Waals surface area contributed by atoms with Crippen LogP contribution in [0, 0.1) is 6.92 Å². The molecule has 3 N–H and O–H groups in total. The van der Waals surface area contributed by atoms with Crippen molar-refractivity contribution in [2.75, 3.05) is 13.7 Å². The topological polar surface area (TPSA) is 130 Å². The van der Waals surface area contributed by atoms with Crippen LogP contribution in [-0.4, -0.2) is 59.2 Å². The molecule has 4 aromatic rings. The Morgan fingerprint density at radius 1 is 1.18 bits per heavy atom. The van der Waals surface area contributed by atoms with E-state index in [1.807, 2.05) is 44.2 Å². The fourth-order valence-electron chi connectivity index (χ4n) is 5.12. The third-order valence-corrected chi connectivity index (χ3v) is 9.03. The minimum Gasteiger partial charge on any atom is -0.494 e. The molecule has 39 heavy (non-hydrogen) atoms. The van der Waals surface area contributed by atoms with E-state index in [-0.39, 0.29) is 19.1 Å². The Bertz CT molecular complexity index is 1540. The third kappa shape index (κ3) is 5.18. The zero-order valence-electron chi connectivity index (χ0n) is 22.2. The third-order valence-electron chi connectivity index (χ3n) is 7.10. The average molecular weight is 553 g/mol. The largest absolute Gasteiger partial charge is 0.494 e. The van der Waals surface area contributed by atoms with Crippen molar-refractivity contribution >= 4 is 27.8 Å². The number of aromatic nitrogens is 3. The van der Waals surface area contributed by atoms with Gasteiger partial charge in [0.2, 0.25) is 0 Å². The molecule has 0 saturated heterocycles. The minimum absolute atomic E-state index is 0.144. The summed E-state index contributed by atoms with van der Waals surface area (Å²) in [7, 11) is 0.0112. The SMILES string of the molecule is COc1cc(C(CC(=O)O)c2ccc(C)c(CN3C[C@H](C)Oc4ccccc4S3(O)O)c2)cc2nnn(C)c12. The smallest absolute Gasteiger partial charge is 0.304 e. The van der Waals surface area contributed by atoms with Crippen molar-refractivity contribution in [2.45, 2.75) is 43.7 Å². The molecule has 1 aliphatic heterocycles. The second kappa shape index (κ2) is 10.5. The first kappa shape index (κ1) is 26.9. The van der Waals surface area contributed by atoms with Crippen LogP contribution in [0.2, 0.25) is 0 Å². The van der Waals surface area contributed by atoms with Crippen molar-refractivity contribution in [3.8, 4) is 11.5 Å². The molecule has 11 heteroatoms. The summed E-state index contributed by atoms with van der Waals surface area (Å²) in [5.74, 6) is -0.407. The molecule has 0 saturated carbocycles. The van der Waals surface area contributed by atoms with Crippen LogP contribution in [0.25, 0.3) is 11.0 Å². The highest BCUT2D eigenvalue weighted by molar-refractivity contribution is 8.22. The van der Waals surface area contributed by atoms with Gasteiger partial charge in [-0.25, -0.2) is 4.68 Å². The quantitative estimate of drug-likeness (QED) is 0.283. The summed E-state index contributed by atoms with van der Waals surface area (Å²) in [4.78, 5) is 12.3. The molecule has 0 aliphatic carbocycles. The molecule has 2 heterocycles. The summed E-state index contributed by atoms with van der Waals surface area (Å²) in [6.07, 6.45) is -0.413. The zero-order valence-corrected chi connectivity index (χ0v) is 23.1. The summed E-state index contributed by atoms with van der Waals surface area (Å²) in [5, 5.41) is 18.1. The van der Waals surface area contributed by atoms with Crippen LogP contribution in [-0.2, 0) is 18.4 Å². The lowest BCUT2D eigenvalue weighted by Crippen LogP contribution is -2.33. The van der Waals surface area contributed by atoms with Crippen LogP contribution in [0.4, 0.5) is 0 Å². The number of nitrogens with zero attached hydrogens (tertiary/aromatic N) is 4. The Kier molecular flexibility index (Phi) is 7.25. The first-order valence-corrected chi connectivity index (χ1v) is 14.1. The summed E-state index contributed by atoms with van der Waals surface area (Å²) in [6.45, 7) is 4.40. The van der Waals surface area contributed by atoms with Gasteiger partial charge in [0.15, 0.2) is 0 Å². The van der Waals surface area contributed by atoms with E-state index in [0.717, 1.165) is 27.8 Å². The van der Waals surface area contributed by atoms with E-state index in [1.165, 1.54) is 0 Å². The number of aliphatic carboxylic acids is 1. The second-order valence-corrected chi connectivity index (χ2v) is 11.9. The maximum atomic E-state index is 12.0. The second-order valence-electron chi connectivity index (χ2n) is 9.86. The number of para-hydroxylation sites is 1. The molecule has 0 spiro atoms. The summed E-state index contributed by atoms with van der Waals surface area (Å²) < 4.78 is 37.5.